The van der Waals surface area contributed by atoms with E-state index in [1.54, 1.807) is 11.8 Å². The van der Waals surface area contributed by atoms with Crippen LogP contribution in [0.5, 0.6) is 0 Å². The summed E-state index contributed by atoms with van der Waals surface area (Å²) in [5.41, 5.74) is 5.66. The van der Waals surface area contributed by atoms with Crippen molar-refractivity contribution in [2.24, 2.45) is 5.73 Å². The molecule has 76 valence electrons. The van der Waals surface area contributed by atoms with Gasteiger partial charge in [-0.25, -0.2) is 0 Å². The normalized spacial score (nSPS) is 32.5. The minimum Gasteiger partial charge on any atom is -0.474 e. The van der Waals surface area contributed by atoms with E-state index in [-0.39, 0.29) is 6.10 Å². The minimum absolute atomic E-state index is 0.236. The lowest BCUT2D eigenvalue weighted by Crippen LogP contribution is -2.31. The number of nitrogens with two attached hydrogens (primary N) is 1. The Balaban J connectivity index is 2.14. The zero-order valence-electron chi connectivity index (χ0n) is 8.03. The van der Waals surface area contributed by atoms with Crippen LogP contribution >= 0.6 is 11.8 Å². The first-order valence-corrected chi connectivity index (χ1v) is 5.92. The molecule has 2 atom stereocenters. The molecule has 1 aliphatic carbocycles. The summed E-state index contributed by atoms with van der Waals surface area (Å²) in [6.07, 6.45) is 6.20. The van der Waals surface area contributed by atoms with Crippen molar-refractivity contribution in [3.63, 3.8) is 0 Å². The third-order valence-corrected chi connectivity index (χ3v) is 4.14. The maximum atomic E-state index is 8.83. The van der Waals surface area contributed by atoms with Crippen LogP contribution in [0.15, 0.2) is 10.8 Å². The number of hydrogen-bond acceptors (Lipinski definition) is 4. The third kappa shape index (κ3) is 1.83. The number of nitriles is 1. The van der Waals surface area contributed by atoms with E-state index in [1.165, 1.54) is 19.3 Å². The number of thioether (sulfide) groups is 1. The highest BCUT2D eigenvalue weighted by molar-refractivity contribution is 8.04. The van der Waals surface area contributed by atoms with Gasteiger partial charge in [-0.3, -0.25) is 0 Å². The average molecular weight is 210 g/mol. The van der Waals surface area contributed by atoms with E-state index < -0.39 is 0 Å². The lowest BCUT2D eigenvalue weighted by Gasteiger charge is -2.30. The van der Waals surface area contributed by atoms with Crippen molar-refractivity contribution in [2.45, 2.75) is 43.5 Å². The highest BCUT2D eigenvalue weighted by Crippen LogP contribution is 2.38. The van der Waals surface area contributed by atoms with E-state index in [1.807, 2.05) is 0 Å². The summed E-state index contributed by atoms with van der Waals surface area (Å²) in [6.45, 7) is 0. The van der Waals surface area contributed by atoms with Crippen molar-refractivity contribution in [3.05, 3.63) is 10.8 Å². The van der Waals surface area contributed by atoms with Crippen molar-refractivity contribution >= 4 is 11.8 Å². The Kier molecular flexibility index (Phi) is 2.87. The second-order valence-corrected chi connectivity index (χ2v) is 5.01. The van der Waals surface area contributed by atoms with E-state index in [0.717, 1.165) is 12.8 Å². The molecule has 2 rings (SSSR count). The molecule has 4 heteroatoms. The molecule has 0 aromatic carbocycles. The molecule has 1 fully saturated rings. The fraction of sp³-hybridized carbons (Fsp3) is 0.700. The molecule has 0 aromatic rings. The van der Waals surface area contributed by atoms with Gasteiger partial charge in [-0.1, -0.05) is 12.8 Å². The lowest BCUT2D eigenvalue weighted by molar-refractivity contribution is 0.101. The Hall–Kier alpha value is -0.820. The fourth-order valence-corrected chi connectivity index (χ4v) is 3.16. The van der Waals surface area contributed by atoms with Crippen molar-refractivity contribution in [1.82, 2.24) is 0 Å². The Morgan fingerprint density at radius 3 is 2.93 bits per heavy atom. The highest BCUT2D eigenvalue weighted by atomic mass is 32.2. The number of fused-ring (bicyclic) bond motifs is 1. The van der Waals surface area contributed by atoms with Crippen molar-refractivity contribution in [1.29, 1.82) is 5.26 Å². The van der Waals surface area contributed by atoms with Crippen LogP contribution in [0.1, 0.15) is 32.1 Å². The van der Waals surface area contributed by atoms with Crippen LogP contribution in [0.4, 0.5) is 0 Å². The zero-order chi connectivity index (χ0) is 9.97. The molecule has 0 spiro atoms. The van der Waals surface area contributed by atoms with Crippen LogP contribution in [0.2, 0.25) is 0 Å². The molecular formula is C10H14N2OS. The average Bonchev–Trinajstić information content (AvgIpc) is 2.41. The van der Waals surface area contributed by atoms with Crippen molar-refractivity contribution in [3.8, 4) is 6.07 Å². The van der Waals surface area contributed by atoms with E-state index in [2.05, 4.69) is 6.07 Å². The maximum Gasteiger partial charge on any atom is 0.209 e. The highest BCUT2D eigenvalue weighted by Gasteiger charge is 2.32. The monoisotopic (exact) mass is 210 g/mol. The summed E-state index contributed by atoms with van der Waals surface area (Å²) in [4.78, 5) is 0.563. The molecule has 1 heterocycles. The Labute approximate surface area is 88.3 Å². The molecule has 0 aromatic heterocycles. The van der Waals surface area contributed by atoms with E-state index >= 15 is 0 Å². The number of rotatable bonds is 0. The van der Waals surface area contributed by atoms with Gasteiger partial charge in [0, 0.05) is 5.25 Å². The van der Waals surface area contributed by atoms with Crippen LogP contribution in [0.25, 0.3) is 0 Å². The number of nitrogens with zero attached hydrogens (tertiary/aromatic N) is 1. The molecule has 1 aliphatic heterocycles. The van der Waals surface area contributed by atoms with Gasteiger partial charge in [0.1, 0.15) is 17.1 Å². The van der Waals surface area contributed by atoms with Crippen LogP contribution < -0.4 is 5.73 Å². The Morgan fingerprint density at radius 1 is 1.36 bits per heavy atom. The largest absolute Gasteiger partial charge is 0.474 e. The molecule has 3 nitrogen and oxygen atoms in total. The first kappa shape index (κ1) is 9.72. The Bertz CT molecular complexity index is 295. The van der Waals surface area contributed by atoms with Crippen LogP contribution in [-0.2, 0) is 4.74 Å². The van der Waals surface area contributed by atoms with Crippen molar-refractivity contribution in [2.75, 3.05) is 0 Å². The molecule has 0 radical (unpaired) electrons. The summed E-state index contributed by atoms with van der Waals surface area (Å²) >= 11 is 1.61. The van der Waals surface area contributed by atoms with Gasteiger partial charge in [0.15, 0.2) is 0 Å². The van der Waals surface area contributed by atoms with E-state index in [9.17, 15) is 0 Å². The smallest absolute Gasteiger partial charge is 0.209 e. The summed E-state index contributed by atoms with van der Waals surface area (Å²) in [5.74, 6) is 0.334. The lowest BCUT2D eigenvalue weighted by atomic mass is 10.1. The van der Waals surface area contributed by atoms with Crippen LogP contribution in [0, 0.1) is 11.3 Å². The topological polar surface area (TPSA) is 59.0 Å². The zero-order valence-corrected chi connectivity index (χ0v) is 8.85. The summed E-state index contributed by atoms with van der Waals surface area (Å²) < 4.78 is 5.59. The molecule has 2 unspecified atom stereocenters. The number of hydrogen-bond donors (Lipinski definition) is 1. The van der Waals surface area contributed by atoms with Gasteiger partial charge in [-0.15, -0.1) is 11.8 Å². The SMILES string of the molecule is N#CC1=C(N)OC2CCCCCC2S1. The van der Waals surface area contributed by atoms with Gasteiger partial charge in [-0.2, -0.15) is 5.26 Å². The van der Waals surface area contributed by atoms with Gasteiger partial charge in [0.25, 0.3) is 0 Å². The Morgan fingerprint density at radius 2 is 2.14 bits per heavy atom. The third-order valence-electron chi connectivity index (χ3n) is 2.76. The molecule has 0 bridgehead atoms. The first-order valence-electron chi connectivity index (χ1n) is 5.04. The second-order valence-electron chi connectivity index (χ2n) is 3.76. The van der Waals surface area contributed by atoms with Crippen molar-refractivity contribution < 1.29 is 4.74 Å². The first-order chi connectivity index (χ1) is 6.81. The van der Waals surface area contributed by atoms with E-state index in [4.69, 9.17) is 15.7 Å². The molecule has 0 amide bonds. The van der Waals surface area contributed by atoms with E-state index in [0.29, 0.717) is 16.0 Å². The fourth-order valence-electron chi connectivity index (χ4n) is 2.02. The predicted molar refractivity (Wildman–Crippen MR) is 56.2 cm³/mol. The number of ether oxygens (including phenoxy) is 1. The second kappa shape index (κ2) is 4.14. The molecular weight excluding hydrogens is 196 g/mol. The molecule has 1 saturated carbocycles. The van der Waals surface area contributed by atoms with Crippen LogP contribution in [-0.4, -0.2) is 11.4 Å². The quantitative estimate of drug-likeness (QED) is 0.665. The van der Waals surface area contributed by atoms with Gasteiger partial charge >= 0.3 is 0 Å². The molecule has 14 heavy (non-hydrogen) atoms. The summed E-state index contributed by atoms with van der Waals surface area (Å²) in [7, 11) is 0. The molecule has 0 saturated heterocycles. The van der Waals surface area contributed by atoms with Gasteiger partial charge in [0.05, 0.1) is 0 Å². The number of allylic oxidation sites excluding steroid dienone is 1. The van der Waals surface area contributed by atoms with Crippen LogP contribution in [0.3, 0.4) is 0 Å². The molecule has 2 aliphatic rings. The van der Waals surface area contributed by atoms with Gasteiger partial charge in [0.2, 0.25) is 5.88 Å². The van der Waals surface area contributed by atoms with Gasteiger partial charge < -0.3 is 10.5 Å². The standard InChI is InChI=1S/C10H14N2OS/c11-6-9-10(12)13-7-4-2-1-3-5-8(7)14-9/h7-8H,1-5,12H2. The minimum atomic E-state index is 0.236. The van der Waals surface area contributed by atoms with Gasteiger partial charge in [-0.05, 0) is 19.3 Å². The maximum absolute atomic E-state index is 8.83. The molecule has 2 N–H and O–H groups in total. The predicted octanol–water partition coefficient (Wildman–Crippen LogP) is 2.10. The summed E-state index contributed by atoms with van der Waals surface area (Å²) in [5, 5.41) is 9.28. The summed E-state index contributed by atoms with van der Waals surface area (Å²) in [6, 6.07) is 2.10.